The van der Waals surface area contributed by atoms with Crippen molar-refractivity contribution in [2.75, 3.05) is 13.2 Å². The molecule has 0 radical (unpaired) electrons. The lowest BCUT2D eigenvalue weighted by molar-refractivity contribution is -0.145. The van der Waals surface area contributed by atoms with Gasteiger partial charge in [-0.2, -0.15) is 0 Å². The zero-order chi connectivity index (χ0) is 9.84. The molecule has 1 saturated heterocycles. The highest BCUT2D eigenvalue weighted by molar-refractivity contribution is 5.65. The molecule has 0 aromatic heterocycles. The third kappa shape index (κ3) is 2.95. The molecule has 0 unspecified atom stereocenters. The zero-order valence-electron chi connectivity index (χ0n) is 7.73. The molecule has 1 aliphatic heterocycles. The van der Waals surface area contributed by atoms with Gasteiger partial charge in [-0.15, -0.1) is 0 Å². The molecule has 3 atom stereocenters. The van der Waals surface area contributed by atoms with E-state index in [1.54, 1.807) is 6.92 Å². The Hall–Kier alpha value is -0.650. The van der Waals surface area contributed by atoms with E-state index in [0.29, 0.717) is 0 Å². The Labute approximate surface area is 76.6 Å². The van der Waals surface area contributed by atoms with Gasteiger partial charge in [-0.05, 0) is 6.92 Å². The normalized spacial score (nSPS) is 33.3. The predicted molar refractivity (Wildman–Crippen MR) is 42.9 cm³/mol. The van der Waals surface area contributed by atoms with Crippen molar-refractivity contribution in [2.45, 2.75) is 32.3 Å². The maximum atomic E-state index is 10.5. The van der Waals surface area contributed by atoms with Gasteiger partial charge < -0.3 is 19.3 Å². The molecule has 0 spiro atoms. The van der Waals surface area contributed by atoms with E-state index in [4.69, 9.17) is 19.3 Å². The summed E-state index contributed by atoms with van der Waals surface area (Å²) in [5, 5.41) is 8.87. The van der Waals surface area contributed by atoms with Crippen LogP contribution in [-0.2, 0) is 19.0 Å². The third-order valence-electron chi connectivity index (χ3n) is 1.78. The van der Waals surface area contributed by atoms with E-state index in [9.17, 15) is 4.79 Å². The number of rotatable bonds is 3. The molecule has 5 heteroatoms. The predicted octanol–water partition coefficient (Wildman–Crippen LogP) is -0.328. The summed E-state index contributed by atoms with van der Waals surface area (Å²) in [6, 6.07) is 0. The molecule has 0 saturated carbocycles. The molecule has 1 rings (SSSR count). The fraction of sp³-hybridized carbons (Fsp3) is 0.875. The summed E-state index contributed by atoms with van der Waals surface area (Å²) in [6.45, 7) is 3.06. The van der Waals surface area contributed by atoms with E-state index in [1.807, 2.05) is 0 Å². The van der Waals surface area contributed by atoms with Gasteiger partial charge in [0.15, 0.2) is 6.29 Å². The summed E-state index contributed by atoms with van der Waals surface area (Å²) in [5.41, 5.74) is 0. The summed E-state index contributed by atoms with van der Waals surface area (Å²) >= 11 is 0. The van der Waals surface area contributed by atoms with Crippen LogP contribution >= 0.6 is 0 Å². The minimum Gasteiger partial charge on any atom is -0.463 e. The van der Waals surface area contributed by atoms with Gasteiger partial charge in [-0.3, -0.25) is 4.79 Å². The molecule has 0 bridgehead atoms. The lowest BCUT2D eigenvalue weighted by Gasteiger charge is -2.13. The Bertz CT molecular complexity index is 181. The lowest BCUT2D eigenvalue weighted by Crippen LogP contribution is -2.31. The molecule has 1 fully saturated rings. The molecule has 1 aliphatic rings. The van der Waals surface area contributed by atoms with Gasteiger partial charge in [0.05, 0.1) is 6.61 Å². The van der Waals surface area contributed by atoms with Crippen LogP contribution in [0.4, 0.5) is 0 Å². The van der Waals surface area contributed by atoms with Crippen molar-refractivity contribution in [2.24, 2.45) is 0 Å². The molecule has 1 heterocycles. The lowest BCUT2D eigenvalue weighted by atomic mass is 10.2. The van der Waals surface area contributed by atoms with Gasteiger partial charge in [0.25, 0.3) is 0 Å². The molecule has 0 aromatic carbocycles. The summed E-state index contributed by atoms with van der Waals surface area (Å²) in [4.78, 5) is 10.5. The van der Waals surface area contributed by atoms with E-state index in [1.165, 1.54) is 6.92 Å². The Kier molecular flexibility index (Phi) is 3.65. The number of esters is 1. The molecule has 0 amide bonds. The average Bonchev–Trinajstić information content (AvgIpc) is 2.42. The molecule has 0 aliphatic carbocycles. The number of carbonyl (C=O) groups excluding carboxylic acids is 1. The highest BCUT2D eigenvalue weighted by Gasteiger charge is 2.33. The summed E-state index contributed by atoms with van der Waals surface area (Å²) in [7, 11) is 0. The first kappa shape index (κ1) is 10.4. The third-order valence-corrected chi connectivity index (χ3v) is 1.78. The number of aliphatic hydroxyl groups is 1. The van der Waals surface area contributed by atoms with Crippen molar-refractivity contribution in [3.63, 3.8) is 0 Å². The molecule has 13 heavy (non-hydrogen) atoms. The molecule has 0 aromatic rings. The molecule has 5 nitrogen and oxygen atoms in total. The van der Waals surface area contributed by atoms with Gasteiger partial charge in [0.2, 0.25) is 0 Å². The second-order valence-corrected chi connectivity index (χ2v) is 2.90. The summed E-state index contributed by atoms with van der Waals surface area (Å²) < 4.78 is 15.2. The van der Waals surface area contributed by atoms with E-state index in [2.05, 4.69) is 0 Å². The highest BCUT2D eigenvalue weighted by Crippen LogP contribution is 2.18. The second kappa shape index (κ2) is 4.55. The Morgan fingerprint density at radius 2 is 2.08 bits per heavy atom. The van der Waals surface area contributed by atoms with Crippen molar-refractivity contribution in [1.82, 2.24) is 0 Å². The summed E-state index contributed by atoms with van der Waals surface area (Å²) in [5.74, 6) is -0.361. The van der Waals surface area contributed by atoms with Crippen LogP contribution in [0.1, 0.15) is 13.8 Å². The van der Waals surface area contributed by atoms with Gasteiger partial charge in [-0.25, -0.2) is 0 Å². The number of hydrogen-bond donors (Lipinski definition) is 1. The van der Waals surface area contributed by atoms with Gasteiger partial charge in [0.1, 0.15) is 18.8 Å². The fourth-order valence-electron chi connectivity index (χ4n) is 1.21. The SMILES string of the molecule is CC(=O)OC[C@H]1O[C@@H](C)O[C@H]1CO. The van der Waals surface area contributed by atoms with Crippen LogP contribution < -0.4 is 0 Å². The quantitative estimate of drug-likeness (QED) is 0.617. The van der Waals surface area contributed by atoms with Crippen LogP contribution in [-0.4, -0.2) is 42.8 Å². The number of ether oxygens (including phenoxy) is 3. The fourth-order valence-corrected chi connectivity index (χ4v) is 1.21. The van der Waals surface area contributed by atoms with Gasteiger partial charge in [0, 0.05) is 6.92 Å². The number of hydrogen-bond acceptors (Lipinski definition) is 5. The van der Waals surface area contributed by atoms with Crippen LogP contribution in [0, 0.1) is 0 Å². The van der Waals surface area contributed by atoms with Crippen LogP contribution in [0.25, 0.3) is 0 Å². The van der Waals surface area contributed by atoms with Crippen LogP contribution in [0.3, 0.4) is 0 Å². The Morgan fingerprint density at radius 3 is 2.62 bits per heavy atom. The Morgan fingerprint density at radius 1 is 1.46 bits per heavy atom. The minimum atomic E-state index is -0.394. The smallest absolute Gasteiger partial charge is 0.302 e. The first-order chi connectivity index (χ1) is 6.13. The topological polar surface area (TPSA) is 65.0 Å². The first-order valence-electron chi connectivity index (χ1n) is 4.18. The maximum Gasteiger partial charge on any atom is 0.302 e. The molecule has 1 N–H and O–H groups in total. The Balaban J connectivity index is 2.35. The molecule has 76 valence electrons. The van der Waals surface area contributed by atoms with Crippen LogP contribution in [0.15, 0.2) is 0 Å². The van der Waals surface area contributed by atoms with E-state index in [0.717, 1.165) is 0 Å². The molecular weight excluding hydrogens is 176 g/mol. The van der Waals surface area contributed by atoms with Crippen molar-refractivity contribution in [1.29, 1.82) is 0 Å². The minimum absolute atomic E-state index is 0.129. The van der Waals surface area contributed by atoms with E-state index < -0.39 is 6.10 Å². The van der Waals surface area contributed by atoms with Gasteiger partial charge >= 0.3 is 5.97 Å². The maximum absolute atomic E-state index is 10.5. The standard InChI is InChI=1S/C8H14O5/c1-5(10)11-4-8-7(3-9)12-6(2)13-8/h6-9H,3-4H2,1-2H3/t6-,7-,8+/m0/s1. The number of aliphatic hydroxyl groups excluding tert-OH is 1. The largest absolute Gasteiger partial charge is 0.463 e. The average molecular weight is 190 g/mol. The van der Waals surface area contributed by atoms with Gasteiger partial charge in [-0.1, -0.05) is 0 Å². The van der Waals surface area contributed by atoms with Crippen molar-refractivity contribution >= 4 is 5.97 Å². The van der Waals surface area contributed by atoms with Crippen molar-refractivity contribution in [3.8, 4) is 0 Å². The highest BCUT2D eigenvalue weighted by atomic mass is 16.7. The van der Waals surface area contributed by atoms with E-state index in [-0.39, 0.29) is 31.6 Å². The first-order valence-corrected chi connectivity index (χ1v) is 4.18. The van der Waals surface area contributed by atoms with E-state index >= 15 is 0 Å². The second-order valence-electron chi connectivity index (χ2n) is 2.90. The molecular formula is C8H14O5. The number of carbonyl (C=O) groups is 1. The van der Waals surface area contributed by atoms with Crippen LogP contribution in [0.5, 0.6) is 0 Å². The van der Waals surface area contributed by atoms with Crippen LogP contribution in [0.2, 0.25) is 0 Å². The van der Waals surface area contributed by atoms with Crippen molar-refractivity contribution < 1.29 is 24.1 Å². The monoisotopic (exact) mass is 190 g/mol. The van der Waals surface area contributed by atoms with Crippen molar-refractivity contribution in [3.05, 3.63) is 0 Å². The zero-order valence-corrected chi connectivity index (χ0v) is 7.73. The summed E-state index contributed by atoms with van der Waals surface area (Å²) in [6.07, 6.45) is -1.10.